The minimum atomic E-state index is -1.00. The van der Waals surface area contributed by atoms with Crippen molar-refractivity contribution in [1.29, 1.82) is 0 Å². The van der Waals surface area contributed by atoms with E-state index in [-0.39, 0.29) is 42.0 Å². The highest BCUT2D eigenvalue weighted by atomic mass is 32.1. The zero-order valence-corrected chi connectivity index (χ0v) is 31.1. The second-order valence-electron chi connectivity index (χ2n) is 16.2. The monoisotopic (exact) mass is 709 g/mol. The van der Waals surface area contributed by atoms with Gasteiger partial charge in [-0.05, 0) is 60.3 Å². The van der Waals surface area contributed by atoms with E-state index in [1.807, 2.05) is 40.0 Å². The number of Topliss-reactive ketones (excluding diaryl/α,β-unsaturated/α-hetero) is 1. The molecule has 4 aliphatic rings. The number of nitrogens with one attached hydrogen (secondary N) is 3. The van der Waals surface area contributed by atoms with Crippen LogP contribution in [0.4, 0.5) is 0 Å². The largest absolute Gasteiger partial charge is 0.346 e. The Morgan fingerprint density at radius 2 is 1.76 bits per heavy atom. The van der Waals surface area contributed by atoms with Gasteiger partial charge in [0.05, 0.1) is 16.5 Å². The molecule has 0 bridgehead atoms. The van der Waals surface area contributed by atoms with Crippen molar-refractivity contribution in [2.45, 2.75) is 129 Å². The Kier molecular flexibility index (Phi) is 11.6. The number of carbonyl (C=O) groups is 6. The van der Waals surface area contributed by atoms with Gasteiger partial charge in [-0.25, -0.2) is 0 Å². The lowest BCUT2D eigenvalue weighted by molar-refractivity contribution is -0.187. The van der Waals surface area contributed by atoms with E-state index < -0.39 is 52.7 Å². The molecule has 2 saturated heterocycles. The van der Waals surface area contributed by atoms with Gasteiger partial charge in [-0.15, -0.1) is 17.9 Å². The van der Waals surface area contributed by atoms with Crippen LogP contribution in [0.25, 0.3) is 0 Å². The van der Waals surface area contributed by atoms with Crippen LogP contribution in [0.2, 0.25) is 0 Å². The van der Waals surface area contributed by atoms with Gasteiger partial charge in [-0.2, -0.15) is 0 Å². The first kappa shape index (κ1) is 37.7. The summed E-state index contributed by atoms with van der Waals surface area (Å²) < 4.78 is 0. The molecule has 274 valence electrons. The fourth-order valence-electron chi connectivity index (χ4n) is 8.63. The van der Waals surface area contributed by atoms with E-state index in [1.165, 1.54) is 17.4 Å². The topological polar surface area (TPSA) is 145 Å². The van der Waals surface area contributed by atoms with Crippen molar-refractivity contribution >= 4 is 46.7 Å². The number of carbonyl (C=O) groups excluding carboxylic acids is 6. The molecule has 0 aromatic carbocycles. The summed E-state index contributed by atoms with van der Waals surface area (Å²) in [5.41, 5.74) is -1.40. The predicted molar refractivity (Wildman–Crippen MR) is 192 cm³/mol. The number of rotatable bonds is 13. The Balaban J connectivity index is 1.43. The summed E-state index contributed by atoms with van der Waals surface area (Å²) in [6.45, 7) is 13.9. The lowest BCUT2D eigenvalue weighted by Crippen LogP contribution is -2.83. The first-order valence-electron chi connectivity index (χ1n) is 18.4. The fraction of sp³-hybridized carbons (Fsp3) is 0.684. The van der Waals surface area contributed by atoms with Crippen molar-refractivity contribution in [3.8, 4) is 0 Å². The number of thiophene rings is 1. The Bertz CT molecular complexity index is 1460. The first-order valence-corrected chi connectivity index (χ1v) is 19.3. The molecule has 4 fully saturated rings. The van der Waals surface area contributed by atoms with Crippen LogP contribution in [0.5, 0.6) is 0 Å². The fourth-order valence-corrected chi connectivity index (χ4v) is 9.26. The van der Waals surface area contributed by atoms with Crippen molar-refractivity contribution in [2.24, 2.45) is 23.2 Å². The maximum atomic E-state index is 15.0. The van der Waals surface area contributed by atoms with Crippen molar-refractivity contribution in [2.75, 3.05) is 13.1 Å². The van der Waals surface area contributed by atoms with Gasteiger partial charge in [0.2, 0.25) is 23.5 Å². The summed E-state index contributed by atoms with van der Waals surface area (Å²) in [5, 5.41) is 10.3. The third-order valence-corrected chi connectivity index (χ3v) is 12.3. The van der Waals surface area contributed by atoms with Crippen LogP contribution in [0.3, 0.4) is 0 Å². The molecule has 50 heavy (non-hydrogen) atoms. The van der Waals surface area contributed by atoms with E-state index in [0.29, 0.717) is 37.1 Å². The molecule has 1 unspecified atom stereocenters. The third-order valence-electron chi connectivity index (χ3n) is 11.5. The maximum absolute atomic E-state index is 15.0. The highest BCUT2D eigenvalue weighted by molar-refractivity contribution is 7.12. The summed E-state index contributed by atoms with van der Waals surface area (Å²) in [5.74, 6) is -2.66. The zero-order chi connectivity index (χ0) is 36.4. The normalized spacial score (nSPS) is 24.6. The van der Waals surface area contributed by atoms with Gasteiger partial charge in [-0.3, -0.25) is 28.8 Å². The van der Waals surface area contributed by atoms with E-state index in [2.05, 4.69) is 22.5 Å². The van der Waals surface area contributed by atoms with Gasteiger partial charge in [0.15, 0.2) is 0 Å². The molecule has 5 atom stereocenters. The molecule has 12 heteroatoms. The smallest absolute Gasteiger partial charge is 0.289 e. The van der Waals surface area contributed by atoms with Crippen molar-refractivity contribution < 1.29 is 28.8 Å². The molecule has 0 radical (unpaired) electrons. The van der Waals surface area contributed by atoms with Crippen LogP contribution in [0.15, 0.2) is 30.2 Å². The van der Waals surface area contributed by atoms with E-state index in [1.54, 1.807) is 21.9 Å². The highest BCUT2D eigenvalue weighted by Crippen LogP contribution is 2.49. The predicted octanol–water partition coefficient (Wildman–Crippen LogP) is 4.23. The van der Waals surface area contributed by atoms with Crippen LogP contribution in [-0.2, 0) is 24.0 Å². The van der Waals surface area contributed by atoms with Gasteiger partial charge in [0.25, 0.3) is 11.8 Å². The van der Waals surface area contributed by atoms with Crippen molar-refractivity contribution in [1.82, 2.24) is 25.8 Å². The third kappa shape index (κ3) is 7.41. The Hall–Kier alpha value is -3.54. The van der Waals surface area contributed by atoms with E-state index in [4.69, 9.17) is 0 Å². The van der Waals surface area contributed by atoms with E-state index in [0.717, 1.165) is 38.5 Å². The van der Waals surface area contributed by atoms with E-state index in [9.17, 15) is 24.0 Å². The van der Waals surface area contributed by atoms with Gasteiger partial charge in [0.1, 0.15) is 18.1 Å². The Labute approximate surface area is 300 Å². The summed E-state index contributed by atoms with van der Waals surface area (Å²) in [7, 11) is 0. The molecular formula is C38H55N5O6S. The second-order valence-corrected chi connectivity index (χ2v) is 17.1. The van der Waals surface area contributed by atoms with Gasteiger partial charge >= 0.3 is 0 Å². The molecule has 2 aliphatic carbocycles. The van der Waals surface area contributed by atoms with Gasteiger partial charge in [0, 0.05) is 13.1 Å². The summed E-state index contributed by atoms with van der Waals surface area (Å²) in [6.07, 6.45) is 9.48. The lowest BCUT2D eigenvalue weighted by atomic mass is 9.65. The van der Waals surface area contributed by atoms with Crippen LogP contribution in [0, 0.1) is 23.2 Å². The number of nitrogens with zero attached hydrogens (tertiary/aromatic N) is 2. The number of likely N-dealkylation sites (tertiary alicyclic amines) is 2. The van der Waals surface area contributed by atoms with E-state index >= 15 is 4.79 Å². The number of ketones is 1. The molecule has 3 N–H and O–H groups in total. The van der Waals surface area contributed by atoms with Crippen LogP contribution in [0.1, 0.15) is 108 Å². The average molecular weight is 710 g/mol. The highest BCUT2D eigenvalue weighted by Gasteiger charge is 2.65. The Morgan fingerprint density at radius 1 is 1.06 bits per heavy atom. The standard InChI is InChI=1S/C38H55N5O6S/c1-7-19-39-34(47)29(44)26(22-24-13-11-14-24)40-33(46)28-25(23(2)3)16-20-42(28)36(49)31(37(4,5)6)43-35(48)30(38(43)17-9-8-10-18-38)41-32(45)27-15-12-21-50-27/h7,12,15,21,23-26,28,30-31H,1,8-11,13-14,16-20,22H2,2-6H3,(H,39,47)(H,40,46)(H,41,45)/t25-,26?,28+,30-,31-/m1/s1. The molecular weight excluding hydrogens is 655 g/mol. The second kappa shape index (κ2) is 15.4. The van der Waals surface area contributed by atoms with Crippen LogP contribution >= 0.6 is 11.3 Å². The van der Waals surface area contributed by atoms with Gasteiger partial charge in [-0.1, -0.05) is 85.3 Å². The first-order chi connectivity index (χ1) is 23.7. The zero-order valence-electron chi connectivity index (χ0n) is 30.3. The average Bonchev–Trinajstić information content (AvgIpc) is 3.76. The Morgan fingerprint density at radius 3 is 2.32 bits per heavy atom. The van der Waals surface area contributed by atoms with Crippen molar-refractivity contribution in [3.63, 3.8) is 0 Å². The molecule has 2 aliphatic heterocycles. The molecule has 3 heterocycles. The quantitative estimate of drug-likeness (QED) is 0.159. The summed E-state index contributed by atoms with van der Waals surface area (Å²) in [6, 6.07) is 0.0558. The number of β-lactam (4-membered cyclic amide) rings is 1. The summed E-state index contributed by atoms with van der Waals surface area (Å²) >= 11 is 1.32. The number of hydrogen-bond acceptors (Lipinski definition) is 7. The number of amides is 5. The van der Waals surface area contributed by atoms with Gasteiger partial charge < -0.3 is 25.8 Å². The minimum absolute atomic E-state index is 0.0560. The number of hydrogen-bond donors (Lipinski definition) is 3. The molecule has 5 amide bonds. The maximum Gasteiger partial charge on any atom is 0.289 e. The minimum Gasteiger partial charge on any atom is -0.346 e. The summed E-state index contributed by atoms with van der Waals surface area (Å²) in [4.78, 5) is 86.8. The molecule has 1 aromatic heterocycles. The molecule has 2 saturated carbocycles. The SMILES string of the molecule is C=CCNC(=O)C(=O)C(CC1CCC1)NC(=O)[C@@H]1[C@@H](C(C)C)CCN1C(=O)[C@@H](N1C(=O)[C@@H](NC(=O)c2cccs2)C12CCCCC2)C(C)(C)C. The van der Waals surface area contributed by atoms with Crippen LogP contribution in [-0.4, -0.2) is 87.9 Å². The van der Waals surface area contributed by atoms with Crippen LogP contribution < -0.4 is 16.0 Å². The molecule has 1 aromatic rings. The lowest BCUT2D eigenvalue weighted by Gasteiger charge is -2.63. The molecule has 1 spiro atoms. The van der Waals surface area contributed by atoms with Crippen molar-refractivity contribution in [3.05, 3.63) is 35.0 Å². The molecule has 5 rings (SSSR count). The molecule has 11 nitrogen and oxygen atoms in total.